The molecule has 138 valence electrons. The van der Waals surface area contributed by atoms with Gasteiger partial charge in [-0.2, -0.15) is 5.26 Å². The van der Waals surface area contributed by atoms with Crippen LogP contribution in [0.3, 0.4) is 0 Å². The molecular formula is C17H19ClFN5O2. The van der Waals surface area contributed by atoms with E-state index in [1.807, 2.05) is 6.07 Å². The van der Waals surface area contributed by atoms with Gasteiger partial charge in [-0.15, -0.1) is 0 Å². The van der Waals surface area contributed by atoms with Crippen LogP contribution in [0.4, 0.5) is 10.2 Å². The van der Waals surface area contributed by atoms with Crippen LogP contribution in [-0.2, 0) is 14.1 Å². The first-order valence-corrected chi connectivity index (χ1v) is 8.12. The standard InChI is InChI=1S/C17H19ClFN5O2/c1-22(2)13(14-11(18)6-5-7-12(14)19)9-21-15-10(8-20)16(25)24(4)17(26)23(15)3/h5-7,13,21H,9H2,1-4H3/t13-/m1/s1. The maximum absolute atomic E-state index is 14.3. The van der Waals surface area contributed by atoms with E-state index in [0.29, 0.717) is 5.56 Å². The summed E-state index contributed by atoms with van der Waals surface area (Å²) in [6.07, 6.45) is 0. The lowest BCUT2D eigenvalue weighted by molar-refractivity contribution is 0.303. The van der Waals surface area contributed by atoms with Crippen molar-refractivity contribution in [3.8, 4) is 6.07 Å². The van der Waals surface area contributed by atoms with E-state index in [-0.39, 0.29) is 22.9 Å². The van der Waals surface area contributed by atoms with Crippen LogP contribution >= 0.6 is 11.6 Å². The van der Waals surface area contributed by atoms with Gasteiger partial charge >= 0.3 is 5.69 Å². The summed E-state index contributed by atoms with van der Waals surface area (Å²) in [6.45, 7) is 0.128. The Morgan fingerprint density at radius 2 is 1.96 bits per heavy atom. The van der Waals surface area contributed by atoms with Gasteiger partial charge in [-0.3, -0.25) is 13.9 Å². The van der Waals surface area contributed by atoms with Gasteiger partial charge in [-0.05, 0) is 26.2 Å². The topological polar surface area (TPSA) is 83.1 Å². The average Bonchev–Trinajstić information content (AvgIpc) is 2.59. The molecule has 0 amide bonds. The van der Waals surface area contributed by atoms with E-state index in [0.717, 1.165) is 4.57 Å². The molecule has 0 unspecified atom stereocenters. The van der Waals surface area contributed by atoms with Crippen LogP contribution in [0.15, 0.2) is 27.8 Å². The Morgan fingerprint density at radius 3 is 2.50 bits per heavy atom. The number of likely N-dealkylation sites (N-methyl/N-ethyl adjacent to an activating group) is 1. The lowest BCUT2D eigenvalue weighted by atomic mass is 10.0. The molecule has 1 heterocycles. The number of aromatic nitrogens is 2. The first-order valence-electron chi connectivity index (χ1n) is 7.75. The van der Waals surface area contributed by atoms with Gasteiger partial charge in [0.05, 0.1) is 6.04 Å². The summed E-state index contributed by atoms with van der Waals surface area (Å²) < 4.78 is 16.3. The fourth-order valence-corrected chi connectivity index (χ4v) is 3.01. The number of anilines is 1. The van der Waals surface area contributed by atoms with Crippen LogP contribution in [0.1, 0.15) is 17.2 Å². The van der Waals surface area contributed by atoms with Gasteiger partial charge in [0.2, 0.25) is 0 Å². The van der Waals surface area contributed by atoms with Crippen molar-refractivity contribution in [2.24, 2.45) is 14.1 Å². The fourth-order valence-electron chi connectivity index (χ4n) is 2.72. The third kappa shape index (κ3) is 3.49. The zero-order chi connectivity index (χ0) is 19.6. The predicted molar refractivity (Wildman–Crippen MR) is 98.0 cm³/mol. The van der Waals surface area contributed by atoms with Gasteiger partial charge < -0.3 is 10.2 Å². The highest BCUT2D eigenvalue weighted by atomic mass is 35.5. The molecule has 1 N–H and O–H groups in total. The molecule has 0 bridgehead atoms. The summed E-state index contributed by atoms with van der Waals surface area (Å²) in [5, 5.41) is 12.5. The van der Waals surface area contributed by atoms with Crippen LogP contribution in [0.25, 0.3) is 0 Å². The lowest BCUT2D eigenvalue weighted by Crippen LogP contribution is -2.40. The molecular weight excluding hydrogens is 361 g/mol. The molecule has 1 atom stereocenters. The second kappa shape index (κ2) is 7.72. The summed E-state index contributed by atoms with van der Waals surface area (Å²) in [5.41, 5.74) is -1.16. The summed E-state index contributed by atoms with van der Waals surface area (Å²) in [7, 11) is 6.26. The molecule has 0 aliphatic rings. The van der Waals surface area contributed by atoms with Crippen LogP contribution < -0.4 is 16.6 Å². The maximum Gasteiger partial charge on any atom is 0.332 e. The molecule has 1 aromatic carbocycles. The first-order chi connectivity index (χ1) is 12.2. The Balaban J connectivity index is 2.48. The van der Waals surface area contributed by atoms with Crippen molar-refractivity contribution in [2.75, 3.05) is 26.0 Å². The minimum atomic E-state index is -0.691. The first kappa shape index (κ1) is 19.7. The molecule has 7 nitrogen and oxygen atoms in total. The van der Waals surface area contributed by atoms with E-state index in [1.54, 1.807) is 25.1 Å². The molecule has 0 aliphatic carbocycles. The van der Waals surface area contributed by atoms with Crippen LogP contribution in [0, 0.1) is 17.1 Å². The molecule has 0 saturated heterocycles. The summed E-state index contributed by atoms with van der Waals surface area (Å²) in [5.74, 6) is -0.378. The number of halogens is 2. The van der Waals surface area contributed by atoms with Crippen LogP contribution in [0.2, 0.25) is 5.02 Å². The summed E-state index contributed by atoms with van der Waals surface area (Å²) in [6, 6.07) is 5.74. The third-order valence-electron chi connectivity index (χ3n) is 4.20. The van der Waals surface area contributed by atoms with Crippen LogP contribution in [-0.4, -0.2) is 34.7 Å². The van der Waals surface area contributed by atoms with Crippen molar-refractivity contribution in [3.05, 3.63) is 61.0 Å². The van der Waals surface area contributed by atoms with Gasteiger partial charge in [0, 0.05) is 31.2 Å². The van der Waals surface area contributed by atoms with Gasteiger partial charge in [0.15, 0.2) is 5.56 Å². The largest absolute Gasteiger partial charge is 0.368 e. The van der Waals surface area contributed by atoms with E-state index < -0.39 is 23.1 Å². The Labute approximate surface area is 154 Å². The smallest absolute Gasteiger partial charge is 0.332 e. The van der Waals surface area contributed by atoms with Gasteiger partial charge in [-0.1, -0.05) is 17.7 Å². The highest BCUT2D eigenvalue weighted by molar-refractivity contribution is 6.31. The van der Waals surface area contributed by atoms with Crippen molar-refractivity contribution < 1.29 is 4.39 Å². The molecule has 0 aliphatic heterocycles. The van der Waals surface area contributed by atoms with Crippen molar-refractivity contribution in [1.29, 1.82) is 5.26 Å². The number of hydrogen-bond donors (Lipinski definition) is 1. The second-order valence-electron chi connectivity index (χ2n) is 6.04. The van der Waals surface area contributed by atoms with Crippen molar-refractivity contribution in [3.63, 3.8) is 0 Å². The zero-order valence-electron chi connectivity index (χ0n) is 14.9. The number of nitrogens with one attached hydrogen (secondary N) is 1. The molecule has 1 aromatic heterocycles. The van der Waals surface area contributed by atoms with Gasteiger partial charge in [0.25, 0.3) is 5.56 Å². The SMILES string of the molecule is CN(C)[C@H](CNc1c(C#N)c(=O)n(C)c(=O)n1C)c1c(F)cccc1Cl. The average molecular weight is 380 g/mol. The monoisotopic (exact) mass is 379 g/mol. The Bertz CT molecular complexity index is 970. The van der Waals surface area contributed by atoms with Gasteiger partial charge in [0.1, 0.15) is 17.7 Å². The van der Waals surface area contributed by atoms with E-state index in [9.17, 15) is 19.2 Å². The molecule has 0 fully saturated rings. The Morgan fingerprint density at radius 1 is 1.31 bits per heavy atom. The van der Waals surface area contributed by atoms with E-state index in [4.69, 9.17) is 11.6 Å². The van der Waals surface area contributed by atoms with Crippen LogP contribution in [0.5, 0.6) is 0 Å². The van der Waals surface area contributed by atoms with Crippen molar-refractivity contribution in [2.45, 2.75) is 6.04 Å². The quantitative estimate of drug-likeness (QED) is 0.850. The lowest BCUT2D eigenvalue weighted by Gasteiger charge is -2.27. The minimum absolute atomic E-state index is 0.0833. The summed E-state index contributed by atoms with van der Waals surface area (Å²) >= 11 is 6.16. The highest BCUT2D eigenvalue weighted by Crippen LogP contribution is 2.29. The van der Waals surface area contributed by atoms with Crippen molar-refractivity contribution in [1.82, 2.24) is 14.0 Å². The molecule has 9 heteroatoms. The number of hydrogen-bond acceptors (Lipinski definition) is 5. The molecule has 0 saturated carbocycles. The maximum atomic E-state index is 14.3. The minimum Gasteiger partial charge on any atom is -0.368 e. The Hall–Kier alpha value is -2.63. The molecule has 0 radical (unpaired) electrons. The predicted octanol–water partition coefficient (Wildman–Crippen LogP) is 1.46. The second-order valence-corrected chi connectivity index (χ2v) is 6.44. The molecule has 2 rings (SSSR count). The zero-order valence-corrected chi connectivity index (χ0v) is 15.6. The number of benzene rings is 1. The third-order valence-corrected chi connectivity index (χ3v) is 4.53. The van der Waals surface area contributed by atoms with Gasteiger partial charge in [-0.25, -0.2) is 9.18 Å². The number of nitrogens with zero attached hydrogens (tertiary/aromatic N) is 4. The molecule has 26 heavy (non-hydrogen) atoms. The van der Waals surface area contributed by atoms with Crippen molar-refractivity contribution >= 4 is 17.4 Å². The Kier molecular flexibility index (Phi) is 5.85. The normalized spacial score (nSPS) is 12.1. The molecule has 2 aromatic rings. The van der Waals surface area contributed by atoms with E-state index in [2.05, 4.69) is 5.32 Å². The summed E-state index contributed by atoms with van der Waals surface area (Å²) in [4.78, 5) is 26.0. The fraction of sp³-hybridized carbons (Fsp3) is 0.353. The van der Waals surface area contributed by atoms with E-state index in [1.165, 1.54) is 30.8 Å². The highest BCUT2D eigenvalue weighted by Gasteiger charge is 2.23. The van der Waals surface area contributed by atoms with E-state index >= 15 is 0 Å². The number of rotatable bonds is 5. The number of nitriles is 1. The molecule has 0 spiro atoms.